The van der Waals surface area contributed by atoms with Crippen molar-refractivity contribution in [3.05, 3.63) is 30.0 Å². The van der Waals surface area contributed by atoms with Crippen molar-refractivity contribution in [3.63, 3.8) is 0 Å². The van der Waals surface area contributed by atoms with Gasteiger partial charge in [-0.2, -0.15) is 5.10 Å². The summed E-state index contributed by atoms with van der Waals surface area (Å²) in [5.74, 6) is -3.63. The summed E-state index contributed by atoms with van der Waals surface area (Å²) in [5.41, 5.74) is 0.872. The first-order valence-corrected chi connectivity index (χ1v) is 13.0. The molecule has 13 nitrogen and oxygen atoms in total. The van der Waals surface area contributed by atoms with E-state index < -0.39 is 29.7 Å². The number of ether oxygens (including phenoxy) is 1. The Morgan fingerprint density at radius 2 is 1.62 bits per heavy atom. The van der Waals surface area contributed by atoms with Crippen LogP contribution in [0.5, 0.6) is 0 Å². The fourth-order valence-corrected chi connectivity index (χ4v) is 4.74. The van der Waals surface area contributed by atoms with E-state index in [0.29, 0.717) is 38.3 Å². The highest BCUT2D eigenvalue weighted by molar-refractivity contribution is 6.05. The minimum atomic E-state index is -2.27. The average Bonchev–Trinajstić information content (AvgIpc) is 3.30. The quantitative estimate of drug-likeness (QED) is 0.263. The zero-order chi connectivity index (χ0) is 28.7. The maximum absolute atomic E-state index is 13.0. The van der Waals surface area contributed by atoms with E-state index >= 15 is 0 Å². The number of nitrogens with one attached hydrogen (secondary N) is 1. The number of hydrogen-bond donors (Lipinski definition) is 6. The van der Waals surface area contributed by atoms with Gasteiger partial charge in [-0.05, 0) is 32.8 Å². The lowest BCUT2D eigenvalue weighted by atomic mass is 9.92. The van der Waals surface area contributed by atoms with E-state index in [1.807, 2.05) is 28.9 Å². The van der Waals surface area contributed by atoms with Crippen LogP contribution in [-0.4, -0.2) is 115 Å². The van der Waals surface area contributed by atoms with Gasteiger partial charge in [0.2, 0.25) is 0 Å². The Kier molecular flexibility index (Phi) is 10.4. The molecule has 216 valence electrons. The summed E-state index contributed by atoms with van der Waals surface area (Å²) in [4.78, 5) is 34.8. The number of hydrogen-bond acceptors (Lipinski definition) is 9. The number of carbonyl (C=O) groups excluding carboxylic acids is 1. The number of β-amino-alcohol motifs (C(OH)–C–C–N with tert-alkyl or cyclic N) is 1. The van der Waals surface area contributed by atoms with Crippen LogP contribution in [0.1, 0.15) is 56.1 Å². The van der Waals surface area contributed by atoms with E-state index in [4.69, 9.17) is 25.2 Å². The average molecular weight is 551 g/mol. The molecule has 2 aliphatic rings. The predicted molar refractivity (Wildman–Crippen MR) is 139 cm³/mol. The fourth-order valence-electron chi connectivity index (χ4n) is 4.74. The molecule has 0 bridgehead atoms. The van der Waals surface area contributed by atoms with Gasteiger partial charge in [-0.25, -0.2) is 9.59 Å². The van der Waals surface area contributed by atoms with Crippen LogP contribution in [0.15, 0.2) is 24.3 Å². The molecule has 39 heavy (non-hydrogen) atoms. The molecular formula is C26H38N4O9. The summed E-state index contributed by atoms with van der Waals surface area (Å²) >= 11 is 0. The molecule has 6 N–H and O–H groups in total. The number of carbonyl (C=O) groups is 3. The first-order chi connectivity index (χ1) is 18.4. The summed E-state index contributed by atoms with van der Waals surface area (Å²) in [6, 6.07) is 8.25. The molecule has 2 fully saturated rings. The second-order valence-electron chi connectivity index (χ2n) is 10.3. The molecule has 2 unspecified atom stereocenters. The number of rotatable bonds is 8. The minimum Gasteiger partial charge on any atom is -0.479 e. The Morgan fingerprint density at radius 1 is 1.05 bits per heavy atom. The minimum absolute atomic E-state index is 0.0953. The molecule has 2 saturated heterocycles. The van der Waals surface area contributed by atoms with Crippen LogP contribution in [0.2, 0.25) is 0 Å². The standard InChI is InChI=1S/C22H32N4O3.C4H6O6/c1-16(2)26-19-6-4-3-5-18(19)20(24-26)21(27)23-17-7-11-25(12-8-17)15-22(28)9-13-29-14-10-22;5-1(3(7)8)2(6)4(9)10/h3-6,16-17,28H,7-15H2,1-2H3,(H,23,27);1-2,5-6H,(H,7,8)(H,9,10). The molecule has 2 aromatic rings. The van der Waals surface area contributed by atoms with Crippen LogP contribution in [0, 0.1) is 0 Å². The van der Waals surface area contributed by atoms with E-state index in [1.165, 1.54) is 0 Å². The Morgan fingerprint density at radius 3 is 2.15 bits per heavy atom. The van der Waals surface area contributed by atoms with Gasteiger partial charge in [0, 0.05) is 63.2 Å². The van der Waals surface area contributed by atoms with E-state index in [9.17, 15) is 19.5 Å². The third-order valence-corrected chi connectivity index (χ3v) is 6.99. The van der Waals surface area contributed by atoms with E-state index in [-0.39, 0.29) is 18.0 Å². The van der Waals surface area contributed by atoms with Crippen molar-refractivity contribution in [2.45, 2.75) is 69.4 Å². The number of aliphatic hydroxyl groups excluding tert-OH is 2. The molecule has 1 aromatic carbocycles. The molecular weight excluding hydrogens is 512 g/mol. The Bertz CT molecular complexity index is 1120. The lowest BCUT2D eigenvalue weighted by Gasteiger charge is -2.39. The topological polar surface area (TPSA) is 195 Å². The van der Waals surface area contributed by atoms with Gasteiger partial charge in [0.25, 0.3) is 5.91 Å². The van der Waals surface area contributed by atoms with Crippen LogP contribution in [0.4, 0.5) is 0 Å². The van der Waals surface area contributed by atoms with Gasteiger partial charge in [0.1, 0.15) is 0 Å². The lowest BCUT2D eigenvalue weighted by Crippen LogP contribution is -2.51. The number of carboxylic acids is 2. The maximum atomic E-state index is 13.0. The van der Waals surface area contributed by atoms with Crippen molar-refractivity contribution in [1.29, 1.82) is 0 Å². The van der Waals surface area contributed by atoms with Crippen LogP contribution in [0.25, 0.3) is 10.9 Å². The molecule has 2 atom stereocenters. The number of fused-ring (bicyclic) bond motifs is 1. The number of aliphatic carboxylic acids is 2. The molecule has 2 aliphatic heterocycles. The van der Waals surface area contributed by atoms with Crippen LogP contribution in [0.3, 0.4) is 0 Å². The number of nitrogens with zero attached hydrogens (tertiary/aromatic N) is 3. The second kappa shape index (κ2) is 13.3. The smallest absolute Gasteiger partial charge is 0.335 e. The van der Waals surface area contributed by atoms with E-state index in [1.54, 1.807) is 0 Å². The van der Waals surface area contributed by atoms with Gasteiger partial charge in [0.05, 0.1) is 11.1 Å². The zero-order valence-electron chi connectivity index (χ0n) is 22.2. The molecule has 0 saturated carbocycles. The first-order valence-electron chi connectivity index (χ1n) is 13.0. The van der Waals surface area contributed by atoms with Crippen LogP contribution >= 0.6 is 0 Å². The highest BCUT2D eigenvalue weighted by atomic mass is 16.5. The van der Waals surface area contributed by atoms with Crippen molar-refractivity contribution in [1.82, 2.24) is 20.0 Å². The highest BCUT2D eigenvalue weighted by Crippen LogP contribution is 2.25. The number of amides is 1. The summed E-state index contributed by atoms with van der Waals surface area (Å²) in [6.45, 7) is 7.89. The number of likely N-dealkylation sites (tertiary alicyclic amines) is 1. The Balaban J connectivity index is 0.000000360. The fraction of sp³-hybridized carbons (Fsp3) is 0.615. The number of piperidine rings is 1. The summed E-state index contributed by atoms with van der Waals surface area (Å²) < 4.78 is 7.29. The zero-order valence-corrected chi connectivity index (χ0v) is 22.2. The molecule has 1 amide bonds. The van der Waals surface area contributed by atoms with Gasteiger partial charge in [-0.3, -0.25) is 9.48 Å². The molecule has 3 heterocycles. The SMILES string of the molecule is CC(C)n1nc(C(=O)NC2CCN(CC3(O)CCOCC3)CC2)c2ccccc21.O=C(O)C(O)C(O)C(=O)O. The number of carboxylic acid groups (broad SMARTS) is 2. The molecule has 0 spiro atoms. The van der Waals surface area contributed by atoms with Gasteiger partial charge in [-0.15, -0.1) is 0 Å². The molecule has 0 aliphatic carbocycles. The number of aliphatic hydroxyl groups is 3. The van der Waals surface area contributed by atoms with Gasteiger partial charge >= 0.3 is 11.9 Å². The first kappa shape index (κ1) is 30.4. The summed E-state index contributed by atoms with van der Waals surface area (Å²) in [6.07, 6.45) is -1.35. The summed E-state index contributed by atoms with van der Waals surface area (Å²) in [5, 5.41) is 52.0. The van der Waals surface area contributed by atoms with E-state index in [0.717, 1.165) is 36.8 Å². The molecule has 0 radical (unpaired) electrons. The van der Waals surface area contributed by atoms with Gasteiger partial charge in [0.15, 0.2) is 17.9 Å². The largest absolute Gasteiger partial charge is 0.479 e. The van der Waals surface area contributed by atoms with Gasteiger partial charge < -0.3 is 40.5 Å². The third-order valence-electron chi connectivity index (χ3n) is 6.99. The van der Waals surface area contributed by atoms with Crippen LogP contribution in [-0.2, 0) is 14.3 Å². The van der Waals surface area contributed by atoms with Crippen LogP contribution < -0.4 is 5.32 Å². The Hall–Kier alpha value is -3.10. The van der Waals surface area contributed by atoms with Crippen molar-refractivity contribution < 1.29 is 44.7 Å². The van der Waals surface area contributed by atoms with Gasteiger partial charge in [-0.1, -0.05) is 18.2 Å². The van der Waals surface area contributed by atoms with Crippen molar-refractivity contribution >= 4 is 28.7 Å². The predicted octanol–water partition coefficient (Wildman–Crippen LogP) is 0.230. The molecule has 4 rings (SSSR count). The molecule has 13 heteroatoms. The number of benzene rings is 1. The van der Waals surface area contributed by atoms with Crippen molar-refractivity contribution in [2.24, 2.45) is 0 Å². The second-order valence-corrected chi connectivity index (χ2v) is 10.3. The van der Waals surface area contributed by atoms with Crippen molar-refractivity contribution in [3.8, 4) is 0 Å². The number of para-hydroxylation sites is 1. The third kappa shape index (κ3) is 7.96. The molecule has 1 aromatic heterocycles. The summed E-state index contributed by atoms with van der Waals surface area (Å²) in [7, 11) is 0. The Labute approximate surface area is 226 Å². The highest BCUT2D eigenvalue weighted by Gasteiger charge is 2.34. The van der Waals surface area contributed by atoms with Crippen molar-refractivity contribution in [2.75, 3.05) is 32.8 Å². The monoisotopic (exact) mass is 550 g/mol. The van der Waals surface area contributed by atoms with E-state index in [2.05, 4.69) is 29.2 Å². The number of aromatic nitrogens is 2. The maximum Gasteiger partial charge on any atom is 0.335 e. The normalized spacial score (nSPS) is 19.6. The lowest BCUT2D eigenvalue weighted by molar-refractivity contribution is -0.165.